The molecule has 4 aromatic heterocycles. The Bertz CT molecular complexity index is 4170. The molecule has 4 heterocycles. The summed E-state index contributed by atoms with van der Waals surface area (Å²) in [4.78, 5) is 40.5. The van der Waals surface area contributed by atoms with Crippen LogP contribution in [0.25, 0.3) is 70.2 Å². The number of nitriles is 2. The van der Waals surface area contributed by atoms with E-state index >= 15 is 0 Å². The zero-order valence-corrected chi connectivity index (χ0v) is 44.6. The average Bonchev–Trinajstić information content (AvgIpc) is 4.39. The molecule has 12 aromatic rings. The molecule has 392 valence electrons. The van der Waals surface area contributed by atoms with Crippen molar-refractivity contribution in [3.05, 3.63) is 259 Å². The van der Waals surface area contributed by atoms with E-state index in [2.05, 4.69) is 149 Å². The third-order valence-electron chi connectivity index (χ3n) is 12.7. The Morgan fingerprint density at radius 2 is 0.827 bits per heavy atom. The molecule has 0 aliphatic rings. The number of carbonyl (C=O) groups is 3. The van der Waals surface area contributed by atoms with Gasteiger partial charge in [-0.25, -0.2) is 4.79 Å². The van der Waals surface area contributed by atoms with Crippen LogP contribution >= 0.6 is 22.7 Å². The highest BCUT2D eigenvalue weighted by Gasteiger charge is 2.17. The molecule has 0 aliphatic carbocycles. The second-order valence-electron chi connectivity index (χ2n) is 18.1. The highest BCUT2D eigenvalue weighted by atomic mass is 32.1. The summed E-state index contributed by atoms with van der Waals surface area (Å²) in [7, 11) is 0. The standard InChI is InChI=1S/C34H22N2O3S.C31H21NO2S.C3H3NO2/c35-22-26(34(37)38)19-23-11-12-25-21-31(39-30(25)20-23)33-18-17-32(40-33)24-13-15-29(16-14-24)36(27-7-3-1-4-8-27)28-9-5-2-6-10-28;33-21-22-11-12-24-20-29(34-28(24)19-22)31-18-17-30(35-31)23-13-15-27(16-14-23)32(25-7-3-1-4-8-25)26-9-5-2-6-10-26;4-2-1-3(5)6/h1-21H,(H,37,38);1-21H;1H2,(H,5,6)/b26-19-;;. The van der Waals surface area contributed by atoms with Crippen LogP contribution in [0.1, 0.15) is 22.3 Å². The zero-order chi connectivity index (χ0) is 56.1. The first-order valence-corrected chi connectivity index (χ1v) is 27.0. The number of carbonyl (C=O) groups excluding carboxylic acids is 1. The Balaban J connectivity index is 0.000000166. The fourth-order valence-corrected chi connectivity index (χ4v) is 10.8. The third-order valence-corrected chi connectivity index (χ3v) is 15.0. The maximum absolute atomic E-state index is 11.2. The van der Waals surface area contributed by atoms with E-state index in [0.717, 1.165) is 94.0 Å². The van der Waals surface area contributed by atoms with E-state index in [9.17, 15) is 14.4 Å². The number of para-hydroxylation sites is 4. The largest absolute Gasteiger partial charge is 0.480 e. The number of carboxylic acids is 2. The van der Waals surface area contributed by atoms with Crippen molar-refractivity contribution in [1.29, 1.82) is 10.5 Å². The van der Waals surface area contributed by atoms with Crippen molar-refractivity contribution >= 4 is 103 Å². The van der Waals surface area contributed by atoms with Gasteiger partial charge in [0.1, 0.15) is 47.0 Å². The molecule has 0 saturated carbocycles. The van der Waals surface area contributed by atoms with Gasteiger partial charge < -0.3 is 28.8 Å². The van der Waals surface area contributed by atoms with Crippen LogP contribution in [-0.4, -0.2) is 28.4 Å². The van der Waals surface area contributed by atoms with E-state index in [1.807, 2.05) is 84.9 Å². The summed E-state index contributed by atoms with van der Waals surface area (Å²) in [5.74, 6) is -0.774. The number of hydrogen-bond donors (Lipinski definition) is 2. The van der Waals surface area contributed by atoms with Gasteiger partial charge in [0.25, 0.3) is 0 Å². The van der Waals surface area contributed by atoms with E-state index in [1.165, 1.54) is 17.0 Å². The molecule has 0 spiro atoms. The zero-order valence-electron chi connectivity index (χ0n) is 43.0. The molecule has 0 fully saturated rings. The van der Waals surface area contributed by atoms with Gasteiger partial charge in [-0.15, -0.1) is 22.7 Å². The number of rotatable bonds is 14. The summed E-state index contributed by atoms with van der Waals surface area (Å²) in [6.45, 7) is 0. The smallest absolute Gasteiger partial charge is 0.346 e. The van der Waals surface area contributed by atoms with E-state index < -0.39 is 18.4 Å². The Labute approximate surface area is 474 Å². The second kappa shape index (κ2) is 25.1. The Hall–Kier alpha value is -10.8. The van der Waals surface area contributed by atoms with Gasteiger partial charge in [0.15, 0.2) is 0 Å². The number of benzene rings is 8. The number of furan rings is 2. The number of aliphatic carboxylic acids is 2. The van der Waals surface area contributed by atoms with E-state index in [-0.39, 0.29) is 5.57 Å². The molecule has 13 heteroatoms. The van der Waals surface area contributed by atoms with Crippen LogP contribution in [-0.2, 0) is 9.59 Å². The number of aldehydes is 1. The van der Waals surface area contributed by atoms with Gasteiger partial charge in [-0.1, -0.05) is 121 Å². The summed E-state index contributed by atoms with van der Waals surface area (Å²) in [5.41, 5.74) is 11.1. The number of fused-ring (bicyclic) bond motifs is 2. The lowest BCUT2D eigenvalue weighted by atomic mass is 10.1. The van der Waals surface area contributed by atoms with Gasteiger partial charge in [0, 0.05) is 60.2 Å². The molecule has 12 rings (SSSR count). The monoisotopic (exact) mass is 1090 g/mol. The van der Waals surface area contributed by atoms with Gasteiger partial charge in [0.2, 0.25) is 0 Å². The molecule has 0 atom stereocenters. The van der Waals surface area contributed by atoms with Crippen LogP contribution in [0, 0.1) is 22.7 Å². The minimum absolute atomic E-state index is 0.323. The minimum Gasteiger partial charge on any atom is -0.480 e. The summed E-state index contributed by atoms with van der Waals surface area (Å²) in [6.07, 6.45) is 1.78. The van der Waals surface area contributed by atoms with Gasteiger partial charge >= 0.3 is 11.9 Å². The SMILES string of the molecule is N#C/C(=C/c1ccc2cc(-c3ccc(-c4ccc(N(c5ccccc5)c5ccccc5)cc4)s3)oc2c1)C(=O)O.N#CCC(=O)O.O=Cc1ccc2cc(-c3ccc(-c4ccc(N(c5ccccc5)c5ccccc5)cc4)s3)oc2c1. The van der Waals surface area contributed by atoms with Crippen molar-refractivity contribution in [2.75, 3.05) is 9.80 Å². The molecule has 0 bridgehead atoms. The summed E-state index contributed by atoms with van der Waals surface area (Å²) in [6, 6.07) is 85.1. The molecule has 0 amide bonds. The predicted molar refractivity (Wildman–Crippen MR) is 324 cm³/mol. The van der Waals surface area contributed by atoms with Gasteiger partial charge in [-0.3, -0.25) is 9.59 Å². The highest BCUT2D eigenvalue weighted by Crippen LogP contribution is 2.42. The molecule has 81 heavy (non-hydrogen) atoms. The van der Waals surface area contributed by atoms with Crippen molar-refractivity contribution in [2.45, 2.75) is 6.42 Å². The fourth-order valence-electron chi connectivity index (χ4n) is 8.88. The molecule has 2 N–H and O–H groups in total. The minimum atomic E-state index is -1.25. The van der Waals surface area contributed by atoms with Crippen molar-refractivity contribution in [3.8, 4) is 54.3 Å². The molecule has 0 radical (unpaired) electrons. The first-order valence-electron chi connectivity index (χ1n) is 25.3. The molecule has 0 unspecified atom stereocenters. The van der Waals surface area contributed by atoms with E-state index in [4.69, 9.17) is 29.6 Å². The quantitative estimate of drug-likeness (QED) is 0.0603. The lowest BCUT2D eigenvalue weighted by molar-refractivity contribution is -0.136. The first kappa shape index (κ1) is 53.6. The number of anilines is 6. The molecule has 0 aliphatic heterocycles. The molecule has 8 aromatic carbocycles. The molecular formula is C68H46N4O7S2. The first-order chi connectivity index (χ1) is 39.6. The molecule has 0 saturated heterocycles. The van der Waals surface area contributed by atoms with Crippen LogP contribution in [0.5, 0.6) is 0 Å². The van der Waals surface area contributed by atoms with Crippen LogP contribution in [0.15, 0.2) is 257 Å². The van der Waals surface area contributed by atoms with Crippen molar-refractivity contribution in [3.63, 3.8) is 0 Å². The maximum Gasteiger partial charge on any atom is 0.346 e. The summed E-state index contributed by atoms with van der Waals surface area (Å²) < 4.78 is 12.2. The van der Waals surface area contributed by atoms with Crippen LogP contribution in [0.2, 0.25) is 0 Å². The predicted octanol–water partition coefficient (Wildman–Crippen LogP) is 18.4. The van der Waals surface area contributed by atoms with Crippen molar-refractivity contribution in [2.24, 2.45) is 0 Å². The van der Waals surface area contributed by atoms with Crippen molar-refractivity contribution in [1.82, 2.24) is 0 Å². The van der Waals surface area contributed by atoms with E-state index in [1.54, 1.807) is 46.9 Å². The number of carboxylic acid groups (broad SMARTS) is 2. The lowest BCUT2D eigenvalue weighted by Crippen LogP contribution is -2.09. The fraction of sp³-hybridized carbons (Fsp3) is 0.0147. The topological polar surface area (TPSA) is 172 Å². The summed E-state index contributed by atoms with van der Waals surface area (Å²) in [5, 5.41) is 35.4. The Kier molecular flexibility index (Phi) is 16.6. The molecular weight excluding hydrogens is 1050 g/mol. The number of thiophene rings is 2. The number of nitrogens with zero attached hydrogens (tertiary/aromatic N) is 4. The van der Waals surface area contributed by atoms with E-state index in [0.29, 0.717) is 16.7 Å². The highest BCUT2D eigenvalue weighted by molar-refractivity contribution is 7.19. The number of hydrogen-bond acceptors (Lipinski definition) is 11. The molecule has 11 nitrogen and oxygen atoms in total. The average molecular weight is 1100 g/mol. The van der Waals surface area contributed by atoms with Gasteiger partial charge in [-0.05, 0) is 144 Å². The van der Waals surface area contributed by atoms with Gasteiger partial charge in [0.05, 0.1) is 15.8 Å². The maximum atomic E-state index is 11.2. The van der Waals surface area contributed by atoms with Crippen LogP contribution < -0.4 is 9.80 Å². The lowest BCUT2D eigenvalue weighted by Gasteiger charge is -2.25. The van der Waals surface area contributed by atoms with Gasteiger partial charge in [-0.2, -0.15) is 10.5 Å². The van der Waals surface area contributed by atoms with Crippen LogP contribution in [0.3, 0.4) is 0 Å². The Morgan fingerprint density at radius 1 is 0.457 bits per heavy atom. The van der Waals surface area contributed by atoms with Crippen LogP contribution in [0.4, 0.5) is 34.1 Å². The Morgan fingerprint density at radius 3 is 1.17 bits per heavy atom. The summed E-state index contributed by atoms with van der Waals surface area (Å²) >= 11 is 3.34. The second-order valence-corrected chi connectivity index (χ2v) is 20.2. The van der Waals surface area contributed by atoms with Crippen molar-refractivity contribution < 1.29 is 33.4 Å². The third kappa shape index (κ3) is 12.8. The normalized spacial score (nSPS) is 10.8.